The highest BCUT2D eigenvalue weighted by atomic mass is 35.5. The molecule has 0 amide bonds. The van der Waals surface area contributed by atoms with Crippen LogP contribution in [0.4, 0.5) is 0 Å². The zero-order valence-corrected chi connectivity index (χ0v) is 22.7. The Morgan fingerprint density at radius 2 is 1.19 bits per heavy atom. The maximum absolute atomic E-state index is 7.32. The minimum atomic E-state index is -0.359. The normalized spacial score (nSPS) is 17.0. The first kappa shape index (κ1) is 26.9. The van der Waals surface area contributed by atoms with E-state index in [1.807, 2.05) is 0 Å². The second kappa shape index (κ2) is 9.90. The maximum Gasteiger partial charge on any atom is 0.0474 e. The SMILES string of the molecule is CC(C)(C)CC(c1ccccc1)C(C)(C)C(C)(N)CC(c1ccc(CCl)cc1)C(C)(C)C. The summed E-state index contributed by atoms with van der Waals surface area (Å²) < 4.78 is 0. The molecule has 2 rings (SSSR count). The van der Waals surface area contributed by atoms with Crippen LogP contribution in [-0.4, -0.2) is 5.54 Å². The first-order chi connectivity index (χ1) is 14.6. The predicted molar refractivity (Wildman–Crippen MR) is 142 cm³/mol. The molecule has 0 aliphatic heterocycles. The van der Waals surface area contributed by atoms with Crippen LogP contribution in [0.3, 0.4) is 0 Å². The summed E-state index contributed by atoms with van der Waals surface area (Å²) in [6, 6.07) is 19.8. The van der Waals surface area contributed by atoms with Crippen molar-refractivity contribution in [3.05, 3.63) is 71.3 Å². The summed E-state index contributed by atoms with van der Waals surface area (Å²) in [6.45, 7) is 21.0. The Morgan fingerprint density at radius 1 is 0.688 bits per heavy atom. The second-order valence-electron chi connectivity index (χ2n) is 12.9. The number of halogens is 1. The smallest absolute Gasteiger partial charge is 0.0474 e. The van der Waals surface area contributed by atoms with Crippen LogP contribution in [0, 0.1) is 16.2 Å². The van der Waals surface area contributed by atoms with E-state index >= 15 is 0 Å². The van der Waals surface area contributed by atoms with Gasteiger partial charge in [0.05, 0.1) is 0 Å². The fraction of sp³-hybridized carbons (Fsp3) is 0.600. The molecule has 1 nitrogen and oxygen atoms in total. The van der Waals surface area contributed by atoms with Crippen molar-refractivity contribution in [1.82, 2.24) is 0 Å². The van der Waals surface area contributed by atoms with E-state index in [4.69, 9.17) is 17.3 Å². The standard InChI is InChI=1S/C30H46ClN/c1-27(2,3)19-26(23-13-11-10-12-14-23)29(7,8)30(9,32)20-25(28(4,5)6)24-17-15-22(21-31)16-18-24/h10-18,25-26H,19-21,32H2,1-9H3. The van der Waals surface area contributed by atoms with Crippen molar-refractivity contribution in [2.45, 2.75) is 98.4 Å². The molecule has 32 heavy (non-hydrogen) atoms. The molecule has 0 aromatic heterocycles. The van der Waals surface area contributed by atoms with Gasteiger partial charge in [0.15, 0.2) is 0 Å². The first-order valence-corrected chi connectivity index (χ1v) is 12.6. The zero-order chi connectivity index (χ0) is 24.4. The van der Waals surface area contributed by atoms with Crippen molar-refractivity contribution >= 4 is 11.6 Å². The van der Waals surface area contributed by atoms with Gasteiger partial charge in [0.1, 0.15) is 0 Å². The summed E-state index contributed by atoms with van der Waals surface area (Å²) >= 11 is 6.04. The lowest BCUT2D eigenvalue weighted by atomic mass is 9.56. The molecular weight excluding hydrogens is 410 g/mol. The van der Waals surface area contributed by atoms with E-state index in [0.29, 0.717) is 17.7 Å². The lowest BCUT2D eigenvalue weighted by Crippen LogP contribution is -2.55. The van der Waals surface area contributed by atoms with E-state index in [-0.39, 0.29) is 21.8 Å². The molecule has 3 unspecified atom stereocenters. The molecule has 0 bridgehead atoms. The van der Waals surface area contributed by atoms with Crippen LogP contribution in [-0.2, 0) is 5.88 Å². The summed E-state index contributed by atoms with van der Waals surface area (Å²) in [6.07, 6.45) is 2.03. The highest BCUT2D eigenvalue weighted by Gasteiger charge is 2.47. The van der Waals surface area contributed by atoms with Gasteiger partial charge in [0.25, 0.3) is 0 Å². The fourth-order valence-electron chi connectivity index (χ4n) is 4.94. The molecule has 0 heterocycles. The van der Waals surface area contributed by atoms with Gasteiger partial charge < -0.3 is 5.73 Å². The molecule has 0 fully saturated rings. The number of rotatable bonds is 8. The minimum absolute atomic E-state index is 0.0960. The Hall–Kier alpha value is -1.31. The summed E-state index contributed by atoms with van der Waals surface area (Å²) in [4.78, 5) is 0. The Labute approximate surface area is 203 Å². The fourth-order valence-corrected chi connectivity index (χ4v) is 5.11. The molecule has 178 valence electrons. The van der Waals surface area contributed by atoms with Gasteiger partial charge in [0, 0.05) is 11.4 Å². The monoisotopic (exact) mass is 455 g/mol. The molecule has 0 radical (unpaired) electrons. The van der Waals surface area contributed by atoms with E-state index in [0.717, 1.165) is 18.4 Å². The molecule has 0 spiro atoms. The van der Waals surface area contributed by atoms with Crippen molar-refractivity contribution in [3.8, 4) is 0 Å². The topological polar surface area (TPSA) is 26.0 Å². The van der Waals surface area contributed by atoms with Crippen molar-refractivity contribution in [2.24, 2.45) is 22.0 Å². The largest absolute Gasteiger partial charge is 0.325 e. The average molecular weight is 456 g/mol. The molecule has 2 aromatic carbocycles. The van der Waals surface area contributed by atoms with Crippen molar-refractivity contribution in [2.75, 3.05) is 0 Å². The summed E-state index contributed by atoms with van der Waals surface area (Å²) in [5, 5.41) is 0. The van der Waals surface area contributed by atoms with E-state index in [1.54, 1.807) is 0 Å². The average Bonchev–Trinajstić information content (AvgIpc) is 2.69. The van der Waals surface area contributed by atoms with Crippen molar-refractivity contribution in [3.63, 3.8) is 0 Å². The van der Waals surface area contributed by atoms with Crippen molar-refractivity contribution < 1.29 is 0 Å². The molecule has 0 aliphatic rings. The van der Waals surface area contributed by atoms with E-state index in [2.05, 4.69) is 117 Å². The van der Waals surface area contributed by atoms with Crippen LogP contribution in [0.15, 0.2) is 54.6 Å². The Bertz CT molecular complexity index is 835. The number of hydrogen-bond donors (Lipinski definition) is 1. The van der Waals surface area contributed by atoms with Crippen LogP contribution < -0.4 is 5.73 Å². The number of benzene rings is 2. The summed E-state index contributed by atoms with van der Waals surface area (Å²) in [7, 11) is 0. The number of hydrogen-bond acceptors (Lipinski definition) is 1. The highest BCUT2D eigenvalue weighted by molar-refractivity contribution is 6.17. The van der Waals surface area contributed by atoms with Crippen LogP contribution in [0.5, 0.6) is 0 Å². The van der Waals surface area contributed by atoms with E-state index in [9.17, 15) is 0 Å². The molecule has 0 saturated heterocycles. The molecule has 0 saturated carbocycles. The number of nitrogens with two attached hydrogens (primary N) is 1. The van der Waals surface area contributed by atoms with Gasteiger partial charge in [-0.05, 0) is 64.5 Å². The molecule has 2 heteroatoms. The third kappa shape index (κ3) is 6.61. The second-order valence-corrected chi connectivity index (χ2v) is 13.1. The van der Waals surface area contributed by atoms with Crippen molar-refractivity contribution in [1.29, 1.82) is 0 Å². The maximum atomic E-state index is 7.32. The van der Waals surface area contributed by atoms with E-state index in [1.165, 1.54) is 11.1 Å². The molecule has 2 aromatic rings. The van der Waals surface area contributed by atoms with E-state index < -0.39 is 0 Å². The lowest BCUT2D eigenvalue weighted by molar-refractivity contribution is 0.0842. The summed E-state index contributed by atoms with van der Waals surface area (Å²) in [5.41, 5.74) is 11.1. The molecular formula is C30H46ClN. The van der Waals surface area contributed by atoms with Gasteiger partial charge in [-0.1, -0.05) is 110 Å². The van der Waals surface area contributed by atoms with Crippen LogP contribution in [0.1, 0.15) is 104 Å². The first-order valence-electron chi connectivity index (χ1n) is 12.1. The molecule has 3 atom stereocenters. The van der Waals surface area contributed by atoms with Gasteiger partial charge >= 0.3 is 0 Å². The van der Waals surface area contributed by atoms with Gasteiger partial charge in [-0.15, -0.1) is 11.6 Å². The number of alkyl halides is 1. The van der Waals surface area contributed by atoms with Gasteiger partial charge in [0.2, 0.25) is 0 Å². The van der Waals surface area contributed by atoms with Crippen LogP contribution >= 0.6 is 11.6 Å². The van der Waals surface area contributed by atoms with Gasteiger partial charge in [-0.25, -0.2) is 0 Å². The lowest BCUT2D eigenvalue weighted by Gasteiger charge is -2.51. The van der Waals surface area contributed by atoms with Gasteiger partial charge in [-0.2, -0.15) is 0 Å². The van der Waals surface area contributed by atoms with Gasteiger partial charge in [-0.3, -0.25) is 0 Å². The molecule has 0 aliphatic carbocycles. The summed E-state index contributed by atoms with van der Waals surface area (Å²) in [5.74, 6) is 1.28. The Balaban J connectivity index is 2.47. The quantitative estimate of drug-likeness (QED) is 0.395. The zero-order valence-electron chi connectivity index (χ0n) is 21.9. The minimum Gasteiger partial charge on any atom is -0.325 e. The highest BCUT2D eigenvalue weighted by Crippen LogP contribution is 2.52. The van der Waals surface area contributed by atoms with Crippen LogP contribution in [0.25, 0.3) is 0 Å². The Morgan fingerprint density at radius 3 is 1.62 bits per heavy atom. The van der Waals surface area contributed by atoms with Crippen LogP contribution in [0.2, 0.25) is 0 Å². The third-order valence-corrected chi connectivity index (χ3v) is 7.88. The Kier molecular flexibility index (Phi) is 8.33. The predicted octanol–water partition coefficient (Wildman–Crippen LogP) is 8.91. The molecule has 2 N–H and O–H groups in total. The third-order valence-electron chi connectivity index (χ3n) is 7.57.